The lowest BCUT2D eigenvalue weighted by Crippen LogP contribution is -2.42. The number of likely N-dealkylation sites (N-methyl/N-ethyl adjacent to an activating group) is 1. The summed E-state index contributed by atoms with van der Waals surface area (Å²) in [5.74, 6) is 0.599. The summed E-state index contributed by atoms with van der Waals surface area (Å²) in [6.07, 6.45) is 6.00. The van der Waals surface area contributed by atoms with Crippen LogP contribution in [0.25, 0.3) is 0 Å². The molecule has 1 unspecified atom stereocenters. The van der Waals surface area contributed by atoms with Gasteiger partial charge in [-0.05, 0) is 65.3 Å². The van der Waals surface area contributed by atoms with Gasteiger partial charge in [0, 0.05) is 37.3 Å². The van der Waals surface area contributed by atoms with Crippen LogP contribution in [0.2, 0.25) is 0 Å². The molecule has 0 aromatic carbocycles. The molecule has 1 saturated carbocycles. The number of carbonyl (C=O) groups is 2. The van der Waals surface area contributed by atoms with Crippen LogP contribution in [0, 0.1) is 5.92 Å². The molecular weight excluding hydrogens is 356 g/mol. The Morgan fingerprint density at radius 1 is 1.25 bits per heavy atom. The third-order valence-corrected chi connectivity index (χ3v) is 5.91. The van der Waals surface area contributed by atoms with Crippen molar-refractivity contribution in [3.8, 4) is 5.88 Å². The maximum atomic E-state index is 12.8. The molecule has 0 spiro atoms. The molecule has 2 amide bonds. The van der Waals surface area contributed by atoms with Gasteiger partial charge in [0.25, 0.3) is 5.91 Å². The Morgan fingerprint density at radius 3 is 2.64 bits per heavy atom. The second-order valence-corrected chi connectivity index (χ2v) is 8.00. The number of nitrogens with zero attached hydrogens (tertiary/aromatic N) is 3. The molecule has 1 saturated heterocycles. The van der Waals surface area contributed by atoms with Crippen molar-refractivity contribution < 1.29 is 14.3 Å². The van der Waals surface area contributed by atoms with Crippen molar-refractivity contribution in [3.63, 3.8) is 0 Å². The van der Waals surface area contributed by atoms with Crippen molar-refractivity contribution in [2.24, 2.45) is 5.92 Å². The van der Waals surface area contributed by atoms with E-state index < -0.39 is 0 Å². The van der Waals surface area contributed by atoms with E-state index in [2.05, 4.69) is 29.3 Å². The van der Waals surface area contributed by atoms with E-state index in [4.69, 9.17) is 4.74 Å². The fraction of sp³-hybridized carbons (Fsp3) is 0.667. The van der Waals surface area contributed by atoms with Crippen LogP contribution in [0.1, 0.15) is 49.4 Å². The Balaban J connectivity index is 1.49. The van der Waals surface area contributed by atoms with E-state index in [-0.39, 0.29) is 17.9 Å². The summed E-state index contributed by atoms with van der Waals surface area (Å²) < 4.78 is 5.45. The molecule has 0 radical (unpaired) electrons. The average molecular weight is 389 g/mol. The summed E-state index contributed by atoms with van der Waals surface area (Å²) in [4.78, 5) is 33.8. The Labute approximate surface area is 167 Å². The molecule has 154 valence electrons. The number of carbonyl (C=O) groups excluding carboxylic acids is 2. The number of ether oxygens (including phenoxy) is 1. The molecule has 1 atom stereocenters. The van der Waals surface area contributed by atoms with E-state index in [0.717, 1.165) is 45.2 Å². The SMILES string of the molecule is CCOc1ncccc1C(=O)NC1CCC(C(=O)N2CCC(N(C)C)C2)CC1. The van der Waals surface area contributed by atoms with Crippen molar-refractivity contribution in [1.82, 2.24) is 20.1 Å². The number of likely N-dealkylation sites (tertiary alicyclic amines) is 1. The number of aromatic nitrogens is 1. The van der Waals surface area contributed by atoms with Crippen LogP contribution in [0.5, 0.6) is 5.88 Å². The molecule has 0 bridgehead atoms. The molecule has 7 nitrogen and oxygen atoms in total. The number of pyridine rings is 1. The Hall–Kier alpha value is -2.15. The summed E-state index contributed by atoms with van der Waals surface area (Å²) in [5, 5.41) is 3.09. The first-order chi connectivity index (χ1) is 13.5. The van der Waals surface area contributed by atoms with Crippen LogP contribution >= 0.6 is 0 Å². The Morgan fingerprint density at radius 2 is 2.00 bits per heavy atom. The first-order valence-corrected chi connectivity index (χ1v) is 10.3. The van der Waals surface area contributed by atoms with E-state index in [9.17, 15) is 9.59 Å². The third-order valence-electron chi connectivity index (χ3n) is 5.91. The van der Waals surface area contributed by atoms with Gasteiger partial charge in [0.15, 0.2) is 0 Å². The van der Waals surface area contributed by atoms with Gasteiger partial charge >= 0.3 is 0 Å². The number of hydrogen-bond donors (Lipinski definition) is 1. The zero-order chi connectivity index (χ0) is 20.1. The Bertz CT molecular complexity index is 686. The predicted molar refractivity (Wildman–Crippen MR) is 107 cm³/mol. The van der Waals surface area contributed by atoms with Gasteiger partial charge in [-0.15, -0.1) is 0 Å². The van der Waals surface area contributed by atoms with Crippen LogP contribution < -0.4 is 10.1 Å². The van der Waals surface area contributed by atoms with Gasteiger partial charge in [0.1, 0.15) is 5.56 Å². The highest BCUT2D eigenvalue weighted by Crippen LogP contribution is 2.28. The summed E-state index contributed by atoms with van der Waals surface area (Å²) in [6, 6.07) is 4.04. The van der Waals surface area contributed by atoms with Crippen LogP contribution in [0.4, 0.5) is 0 Å². The molecule has 2 fully saturated rings. The average Bonchev–Trinajstić information content (AvgIpc) is 3.19. The van der Waals surface area contributed by atoms with Gasteiger partial charge in [-0.25, -0.2) is 4.98 Å². The zero-order valence-electron chi connectivity index (χ0n) is 17.2. The van der Waals surface area contributed by atoms with Gasteiger partial charge in [-0.3, -0.25) is 9.59 Å². The maximum Gasteiger partial charge on any atom is 0.256 e. The standard InChI is InChI=1S/C21H32N4O3/c1-4-28-20-18(6-5-12-22-20)19(26)23-16-9-7-15(8-10-16)21(27)25-13-11-17(14-25)24(2)3/h5-6,12,15-17H,4,7-11,13-14H2,1-3H3,(H,23,26). The smallest absolute Gasteiger partial charge is 0.256 e. The molecule has 2 heterocycles. The van der Waals surface area contributed by atoms with Crippen LogP contribution in [0.3, 0.4) is 0 Å². The Kier molecular flexibility index (Phi) is 6.88. The first kappa shape index (κ1) is 20.6. The highest BCUT2D eigenvalue weighted by Gasteiger charge is 2.34. The van der Waals surface area contributed by atoms with Crippen LogP contribution in [-0.2, 0) is 4.79 Å². The second kappa shape index (κ2) is 9.37. The van der Waals surface area contributed by atoms with E-state index in [1.165, 1.54) is 0 Å². The number of hydrogen-bond acceptors (Lipinski definition) is 5. The summed E-state index contributed by atoms with van der Waals surface area (Å²) >= 11 is 0. The second-order valence-electron chi connectivity index (χ2n) is 8.00. The fourth-order valence-electron chi connectivity index (χ4n) is 4.18. The third kappa shape index (κ3) is 4.82. The fourth-order valence-corrected chi connectivity index (χ4v) is 4.18. The van der Waals surface area contributed by atoms with Gasteiger partial charge in [0.2, 0.25) is 11.8 Å². The summed E-state index contributed by atoms with van der Waals surface area (Å²) in [5.41, 5.74) is 0.467. The lowest BCUT2D eigenvalue weighted by molar-refractivity contribution is -0.135. The molecular formula is C21H32N4O3. The van der Waals surface area contributed by atoms with Crippen LogP contribution in [-0.4, -0.2) is 72.5 Å². The van der Waals surface area contributed by atoms with Crippen molar-refractivity contribution in [2.45, 2.75) is 51.1 Å². The number of nitrogens with one attached hydrogen (secondary N) is 1. The molecule has 7 heteroatoms. The molecule has 2 aliphatic rings. The zero-order valence-corrected chi connectivity index (χ0v) is 17.2. The van der Waals surface area contributed by atoms with Crippen LogP contribution in [0.15, 0.2) is 18.3 Å². The molecule has 1 aromatic rings. The lowest BCUT2D eigenvalue weighted by atomic mass is 9.85. The van der Waals surface area contributed by atoms with Crippen molar-refractivity contribution in [1.29, 1.82) is 0 Å². The lowest BCUT2D eigenvalue weighted by Gasteiger charge is -2.31. The highest BCUT2D eigenvalue weighted by molar-refractivity contribution is 5.96. The molecule has 1 N–H and O–H groups in total. The maximum absolute atomic E-state index is 12.8. The summed E-state index contributed by atoms with van der Waals surface area (Å²) in [6.45, 7) is 4.04. The van der Waals surface area contributed by atoms with Gasteiger partial charge in [-0.1, -0.05) is 0 Å². The van der Waals surface area contributed by atoms with Crippen molar-refractivity contribution >= 4 is 11.8 Å². The minimum atomic E-state index is -0.153. The van der Waals surface area contributed by atoms with E-state index >= 15 is 0 Å². The largest absolute Gasteiger partial charge is 0.477 e. The number of amides is 2. The van der Waals surface area contributed by atoms with E-state index in [0.29, 0.717) is 30.0 Å². The van der Waals surface area contributed by atoms with E-state index in [1.54, 1.807) is 18.3 Å². The van der Waals surface area contributed by atoms with Gasteiger partial charge in [0.05, 0.1) is 6.61 Å². The minimum Gasteiger partial charge on any atom is -0.477 e. The monoisotopic (exact) mass is 388 g/mol. The van der Waals surface area contributed by atoms with Crippen molar-refractivity contribution in [3.05, 3.63) is 23.9 Å². The quantitative estimate of drug-likeness (QED) is 0.806. The molecule has 1 aliphatic carbocycles. The first-order valence-electron chi connectivity index (χ1n) is 10.3. The van der Waals surface area contributed by atoms with Crippen molar-refractivity contribution in [2.75, 3.05) is 33.8 Å². The van der Waals surface area contributed by atoms with Gasteiger partial charge in [-0.2, -0.15) is 0 Å². The normalized spacial score (nSPS) is 25.0. The van der Waals surface area contributed by atoms with E-state index in [1.807, 2.05) is 11.8 Å². The highest BCUT2D eigenvalue weighted by atomic mass is 16.5. The topological polar surface area (TPSA) is 74.8 Å². The summed E-state index contributed by atoms with van der Waals surface area (Å²) in [7, 11) is 4.15. The molecule has 3 rings (SSSR count). The number of rotatable bonds is 6. The van der Waals surface area contributed by atoms with Gasteiger partial charge < -0.3 is 19.9 Å². The molecule has 1 aliphatic heterocycles. The molecule has 28 heavy (non-hydrogen) atoms. The molecule has 1 aromatic heterocycles. The predicted octanol–water partition coefficient (Wildman–Crippen LogP) is 1.93. The minimum absolute atomic E-state index is 0.0893.